The minimum atomic E-state index is -4.13. The van der Waals surface area contributed by atoms with Gasteiger partial charge in [-0.2, -0.15) is 5.10 Å². The molecule has 0 aliphatic heterocycles. The van der Waals surface area contributed by atoms with E-state index in [1.54, 1.807) is 0 Å². The molecule has 0 fully saturated rings. The fourth-order valence-corrected chi connectivity index (χ4v) is 6.69. The lowest BCUT2D eigenvalue weighted by atomic mass is 10.0. The smallest absolute Gasteiger partial charge is 0.421 e. The predicted molar refractivity (Wildman–Crippen MR) is 141 cm³/mol. The number of carbonyl (C=O) groups is 1. The quantitative estimate of drug-likeness (QED) is 0.289. The van der Waals surface area contributed by atoms with E-state index in [1.165, 1.54) is 18.4 Å². The molecule has 0 unspecified atom stereocenters. The summed E-state index contributed by atoms with van der Waals surface area (Å²) in [4.78, 5) is 13.0. The van der Waals surface area contributed by atoms with Crippen molar-refractivity contribution in [1.29, 1.82) is 0 Å². The highest BCUT2D eigenvalue weighted by Gasteiger charge is 2.26. The van der Waals surface area contributed by atoms with Crippen LogP contribution in [-0.2, 0) is 32.5 Å². The van der Waals surface area contributed by atoms with E-state index < -0.39 is 16.1 Å². The normalized spacial score (nSPS) is 11.8. The maximum absolute atomic E-state index is 13.1. The van der Waals surface area contributed by atoms with Crippen LogP contribution in [0.1, 0.15) is 24.3 Å². The summed E-state index contributed by atoms with van der Waals surface area (Å²) in [6.07, 6.45) is 1.55. The zero-order valence-electron chi connectivity index (χ0n) is 20.4. The number of amides is 1. The Bertz CT molecular complexity index is 1440. The average Bonchev–Trinajstić information content (AvgIpc) is 3.44. The molecule has 36 heavy (non-hydrogen) atoms. The maximum Gasteiger partial charge on any atom is 0.421 e. The summed E-state index contributed by atoms with van der Waals surface area (Å²) < 4.78 is 40.0. The van der Waals surface area contributed by atoms with Gasteiger partial charge in [0.2, 0.25) is 0 Å². The number of hydrogen-bond donors (Lipinski definition) is 1. The number of fused-ring (bicyclic) bond motifs is 1. The van der Waals surface area contributed by atoms with Crippen molar-refractivity contribution in [3.63, 3.8) is 0 Å². The molecule has 0 saturated carbocycles. The third kappa shape index (κ3) is 6.13. The van der Waals surface area contributed by atoms with E-state index in [2.05, 4.69) is 18.9 Å². The maximum atomic E-state index is 13.1. The van der Waals surface area contributed by atoms with Crippen molar-refractivity contribution >= 4 is 38.4 Å². The van der Waals surface area contributed by atoms with Crippen LogP contribution in [0.4, 0.5) is 4.79 Å². The Balaban J connectivity index is 1.60. The fraction of sp³-hybridized carbons (Fsp3) is 0.308. The highest BCUT2D eigenvalue weighted by atomic mass is 32.2. The Kier molecular flexibility index (Phi) is 8.07. The third-order valence-electron chi connectivity index (χ3n) is 5.49. The minimum Gasteiger partial charge on any atom is -0.446 e. The molecule has 2 aromatic heterocycles. The Labute approximate surface area is 214 Å². The van der Waals surface area contributed by atoms with Crippen LogP contribution in [0.2, 0.25) is 0 Å². The summed E-state index contributed by atoms with van der Waals surface area (Å²) in [5.41, 5.74) is 3.40. The van der Waals surface area contributed by atoms with Gasteiger partial charge in [-0.3, -0.25) is 4.68 Å². The van der Waals surface area contributed by atoms with E-state index >= 15 is 0 Å². The molecule has 4 aromatic rings. The van der Waals surface area contributed by atoms with Crippen molar-refractivity contribution in [1.82, 2.24) is 14.5 Å². The third-order valence-corrected chi connectivity index (χ3v) is 8.49. The molecule has 10 heteroatoms. The van der Waals surface area contributed by atoms with Crippen molar-refractivity contribution in [2.75, 3.05) is 20.3 Å². The van der Waals surface area contributed by atoms with Gasteiger partial charge in [-0.25, -0.2) is 17.9 Å². The number of sulfonamides is 1. The molecule has 0 spiro atoms. The zero-order valence-corrected chi connectivity index (χ0v) is 22.1. The number of rotatable bonds is 10. The number of para-hydroxylation sites is 1. The second-order valence-electron chi connectivity index (χ2n) is 8.80. The number of methoxy groups -OCH3 is 1. The molecular weight excluding hydrogens is 498 g/mol. The molecular formula is C26H29N3O5S2. The van der Waals surface area contributed by atoms with Gasteiger partial charge in [0, 0.05) is 22.9 Å². The molecule has 2 heterocycles. The van der Waals surface area contributed by atoms with Gasteiger partial charge in [0.05, 0.1) is 24.9 Å². The first-order valence-corrected chi connectivity index (χ1v) is 13.9. The van der Waals surface area contributed by atoms with Gasteiger partial charge in [-0.15, -0.1) is 11.3 Å². The average molecular weight is 528 g/mol. The summed E-state index contributed by atoms with van der Waals surface area (Å²) in [5, 5.41) is 5.56. The van der Waals surface area contributed by atoms with Crippen LogP contribution in [0.25, 0.3) is 22.0 Å². The Hall–Kier alpha value is -3.21. The molecule has 0 aliphatic carbocycles. The predicted octanol–water partition coefficient (Wildman–Crippen LogP) is 5.07. The van der Waals surface area contributed by atoms with Gasteiger partial charge in [0.25, 0.3) is 10.0 Å². The monoisotopic (exact) mass is 527 g/mol. The van der Waals surface area contributed by atoms with Crippen molar-refractivity contribution in [2.24, 2.45) is 5.92 Å². The molecule has 4 rings (SSSR count). The van der Waals surface area contributed by atoms with E-state index in [0.29, 0.717) is 18.0 Å². The number of aromatic nitrogens is 2. The molecule has 1 amide bonds. The highest BCUT2D eigenvalue weighted by molar-refractivity contribution is 7.92. The molecule has 0 radical (unpaired) electrons. The topological polar surface area (TPSA) is 99.5 Å². The van der Waals surface area contributed by atoms with Gasteiger partial charge in [0.15, 0.2) is 0 Å². The first-order chi connectivity index (χ1) is 17.3. The van der Waals surface area contributed by atoms with Crippen molar-refractivity contribution in [3.05, 3.63) is 71.2 Å². The van der Waals surface area contributed by atoms with Crippen molar-refractivity contribution in [2.45, 2.75) is 31.0 Å². The highest BCUT2D eigenvalue weighted by Crippen LogP contribution is 2.36. The first kappa shape index (κ1) is 25.9. The first-order valence-electron chi connectivity index (χ1n) is 11.6. The molecule has 8 nitrogen and oxygen atoms in total. The lowest BCUT2D eigenvalue weighted by Gasteiger charge is -2.09. The molecule has 0 aliphatic rings. The van der Waals surface area contributed by atoms with Gasteiger partial charge in [0.1, 0.15) is 10.8 Å². The van der Waals surface area contributed by atoms with Crippen LogP contribution < -0.4 is 4.72 Å². The fourth-order valence-electron chi connectivity index (χ4n) is 3.84. The van der Waals surface area contributed by atoms with Crippen LogP contribution in [0.3, 0.4) is 0 Å². The van der Waals surface area contributed by atoms with Crippen molar-refractivity contribution in [3.8, 4) is 11.1 Å². The molecule has 2 aromatic carbocycles. The Morgan fingerprint density at radius 1 is 1.11 bits per heavy atom. The second-order valence-corrected chi connectivity index (χ2v) is 11.8. The van der Waals surface area contributed by atoms with E-state index in [9.17, 15) is 13.2 Å². The molecule has 0 atom stereocenters. The molecule has 0 saturated heterocycles. The van der Waals surface area contributed by atoms with Gasteiger partial charge in [-0.05, 0) is 35.6 Å². The van der Waals surface area contributed by atoms with Gasteiger partial charge >= 0.3 is 6.09 Å². The summed E-state index contributed by atoms with van der Waals surface area (Å²) >= 11 is 1.17. The lowest BCUT2D eigenvalue weighted by molar-refractivity contribution is 0.102. The standard InChI is InChI=1S/C26H29N3O5S2/c1-18(2)14-22-15-23(25(35-22)36(31,32)28-26(30)34-13-12-33-3)20-10-8-19(9-11-20)17-29-24-7-5-4-6-21(24)16-27-29/h4-11,15-16,18H,12-14,17H2,1-3H3,(H,28,30). The van der Waals surface area contributed by atoms with E-state index in [0.717, 1.165) is 33.3 Å². The minimum absolute atomic E-state index is 0.0409. The van der Waals surface area contributed by atoms with Gasteiger partial charge in [-0.1, -0.05) is 56.3 Å². The lowest BCUT2D eigenvalue weighted by Crippen LogP contribution is -2.31. The van der Waals surface area contributed by atoms with E-state index in [1.807, 2.05) is 70.2 Å². The van der Waals surface area contributed by atoms with Crippen LogP contribution in [0, 0.1) is 5.92 Å². The van der Waals surface area contributed by atoms with E-state index in [4.69, 9.17) is 9.47 Å². The number of nitrogens with one attached hydrogen (secondary N) is 1. The number of benzene rings is 2. The van der Waals surface area contributed by atoms with Crippen molar-refractivity contribution < 1.29 is 22.7 Å². The number of ether oxygens (including phenoxy) is 2. The second kappa shape index (κ2) is 11.2. The molecule has 190 valence electrons. The van der Waals surface area contributed by atoms with Crippen LogP contribution in [0.5, 0.6) is 0 Å². The SMILES string of the molecule is COCCOC(=O)NS(=O)(=O)c1sc(CC(C)C)cc1-c1ccc(Cn2ncc3ccccc32)cc1. The van der Waals surface area contributed by atoms with Crippen LogP contribution in [0.15, 0.2) is 65.0 Å². The number of nitrogens with zero attached hydrogens (tertiary/aromatic N) is 2. The number of carbonyl (C=O) groups excluding carboxylic acids is 1. The van der Waals surface area contributed by atoms with Gasteiger partial charge < -0.3 is 9.47 Å². The summed E-state index contributed by atoms with van der Waals surface area (Å²) in [6.45, 7) is 4.88. The molecule has 1 N–H and O–H groups in total. The summed E-state index contributed by atoms with van der Waals surface area (Å²) in [7, 11) is -2.66. The van der Waals surface area contributed by atoms with Crippen LogP contribution in [-0.4, -0.2) is 44.6 Å². The Morgan fingerprint density at radius 2 is 1.86 bits per heavy atom. The largest absolute Gasteiger partial charge is 0.446 e. The molecule has 0 bridgehead atoms. The summed E-state index contributed by atoms with van der Waals surface area (Å²) in [5.74, 6) is 0.352. The zero-order chi connectivity index (χ0) is 25.7. The summed E-state index contributed by atoms with van der Waals surface area (Å²) in [6, 6.07) is 17.7. The Morgan fingerprint density at radius 3 is 2.58 bits per heavy atom. The van der Waals surface area contributed by atoms with E-state index in [-0.39, 0.29) is 17.4 Å². The van der Waals surface area contributed by atoms with Crippen LogP contribution >= 0.6 is 11.3 Å². The number of hydrogen-bond acceptors (Lipinski definition) is 7. The number of thiophene rings is 1.